The summed E-state index contributed by atoms with van der Waals surface area (Å²) in [4.78, 5) is 11.8. The summed E-state index contributed by atoms with van der Waals surface area (Å²) in [6.07, 6.45) is 0. The average Bonchev–Trinajstić information content (AvgIpc) is 2.70. The summed E-state index contributed by atoms with van der Waals surface area (Å²) in [6.45, 7) is 1.84. The second kappa shape index (κ2) is 4.55. The van der Waals surface area contributed by atoms with E-state index in [9.17, 15) is 9.18 Å². The molecule has 1 amide bonds. The lowest BCUT2D eigenvalue weighted by Gasteiger charge is -2.05. The molecule has 0 aliphatic rings. The van der Waals surface area contributed by atoms with Gasteiger partial charge in [0.2, 0.25) is 0 Å². The van der Waals surface area contributed by atoms with Crippen molar-refractivity contribution in [3.63, 3.8) is 0 Å². The predicted molar refractivity (Wildman–Crippen MR) is 65.1 cm³/mol. The third kappa shape index (κ3) is 2.45. The summed E-state index contributed by atoms with van der Waals surface area (Å²) in [7, 11) is 0. The number of amides is 1. The number of carbonyl (C=O) groups excluding carboxylic acids is 1. The molecule has 1 aromatic carbocycles. The van der Waals surface area contributed by atoms with Gasteiger partial charge in [0, 0.05) is 17.1 Å². The maximum atomic E-state index is 13.1. The minimum absolute atomic E-state index is 0.283. The van der Waals surface area contributed by atoms with Crippen LogP contribution in [0.1, 0.15) is 15.9 Å². The molecule has 3 nitrogen and oxygen atoms in total. The van der Waals surface area contributed by atoms with Crippen LogP contribution < -0.4 is 5.32 Å². The van der Waals surface area contributed by atoms with Gasteiger partial charge in [0.25, 0.3) is 5.91 Å². The van der Waals surface area contributed by atoms with E-state index >= 15 is 0 Å². The van der Waals surface area contributed by atoms with Crippen molar-refractivity contribution in [2.75, 3.05) is 5.32 Å². The SMILES string of the molecule is Cc1cscc1C(=O)Nc1ccc(O)c(F)c1. The van der Waals surface area contributed by atoms with Crippen LogP contribution in [0.5, 0.6) is 5.75 Å². The van der Waals surface area contributed by atoms with Crippen LogP contribution >= 0.6 is 11.3 Å². The minimum atomic E-state index is -0.759. The first kappa shape index (κ1) is 11.6. The van der Waals surface area contributed by atoms with Crippen molar-refractivity contribution in [3.05, 3.63) is 45.9 Å². The standard InChI is InChI=1S/C12H10FNO2S/c1-7-5-17-6-9(7)12(16)14-8-2-3-11(15)10(13)4-8/h2-6,15H,1H3,(H,14,16). The Labute approximate surface area is 102 Å². The monoisotopic (exact) mass is 251 g/mol. The van der Waals surface area contributed by atoms with Crippen molar-refractivity contribution in [1.82, 2.24) is 0 Å². The molecule has 5 heteroatoms. The molecule has 17 heavy (non-hydrogen) atoms. The number of hydrogen-bond donors (Lipinski definition) is 2. The lowest BCUT2D eigenvalue weighted by molar-refractivity contribution is 0.102. The fourth-order valence-corrected chi connectivity index (χ4v) is 2.20. The van der Waals surface area contributed by atoms with E-state index in [0.717, 1.165) is 11.6 Å². The van der Waals surface area contributed by atoms with E-state index in [4.69, 9.17) is 5.11 Å². The molecule has 0 saturated heterocycles. The van der Waals surface area contributed by atoms with Crippen LogP contribution in [0.2, 0.25) is 0 Å². The second-order valence-corrected chi connectivity index (χ2v) is 4.33. The Hall–Kier alpha value is -1.88. The molecule has 0 fully saturated rings. The lowest BCUT2D eigenvalue weighted by Crippen LogP contribution is -2.12. The molecular formula is C12H10FNO2S. The minimum Gasteiger partial charge on any atom is -0.505 e. The number of rotatable bonds is 2. The van der Waals surface area contributed by atoms with Crippen molar-refractivity contribution >= 4 is 22.9 Å². The van der Waals surface area contributed by atoms with Crippen molar-refractivity contribution in [2.45, 2.75) is 6.92 Å². The van der Waals surface area contributed by atoms with E-state index in [0.29, 0.717) is 11.3 Å². The third-order valence-electron chi connectivity index (χ3n) is 2.31. The Morgan fingerprint density at radius 3 is 2.76 bits per heavy atom. The summed E-state index contributed by atoms with van der Waals surface area (Å²) in [5, 5.41) is 15.2. The Bertz CT molecular complexity index is 565. The normalized spacial score (nSPS) is 10.2. The summed E-state index contributed by atoms with van der Waals surface area (Å²) in [6, 6.07) is 3.72. The maximum Gasteiger partial charge on any atom is 0.256 e. The highest BCUT2D eigenvalue weighted by atomic mass is 32.1. The highest BCUT2D eigenvalue weighted by Crippen LogP contribution is 2.21. The number of phenolic OH excluding ortho intramolecular Hbond substituents is 1. The summed E-state index contributed by atoms with van der Waals surface area (Å²) in [5.41, 5.74) is 1.77. The molecular weight excluding hydrogens is 241 g/mol. The zero-order chi connectivity index (χ0) is 12.4. The van der Waals surface area contributed by atoms with Gasteiger partial charge in [-0.2, -0.15) is 11.3 Å². The fraction of sp³-hybridized carbons (Fsp3) is 0.0833. The van der Waals surface area contributed by atoms with Gasteiger partial charge in [0.05, 0.1) is 5.56 Å². The van der Waals surface area contributed by atoms with Gasteiger partial charge >= 0.3 is 0 Å². The molecule has 0 aliphatic heterocycles. The van der Waals surface area contributed by atoms with E-state index in [1.54, 1.807) is 5.38 Å². The van der Waals surface area contributed by atoms with Crippen molar-refractivity contribution in [2.24, 2.45) is 0 Å². The topological polar surface area (TPSA) is 49.3 Å². The first-order valence-electron chi connectivity index (χ1n) is 4.90. The van der Waals surface area contributed by atoms with Crippen LogP contribution in [0.25, 0.3) is 0 Å². The van der Waals surface area contributed by atoms with Gasteiger partial charge in [-0.05, 0) is 30.0 Å². The molecule has 0 atom stereocenters. The molecule has 0 saturated carbocycles. The number of nitrogens with one attached hydrogen (secondary N) is 1. The lowest BCUT2D eigenvalue weighted by atomic mass is 10.2. The van der Waals surface area contributed by atoms with Gasteiger partial charge in [0.15, 0.2) is 11.6 Å². The number of aromatic hydroxyl groups is 1. The number of phenols is 1. The predicted octanol–water partition coefficient (Wildman–Crippen LogP) is 3.15. The highest BCUT2D eigenvalue weighted by Gasteiger charge is 2.11. The average molecular weight is 251 g/mol. The first-order valence-corrected chi connectivity index (χ1v) is 5.85. The smallest absolute Gasteiger partial charge is 0.256 e. The third-order valence-corrected chi connectivity index (χ3v) is 3.17. The van der Waals surface area contributed by atoms with E-state index in [2.05, 4.69) is 5.32 Å². The van der Waals surface area contributed by atoms with Gasteiger partial charge in [-0.25, -0.2) is 4.39 Å². The molecule has 88 valence electrons. The van der Waals surface area contributed by atoms with Gasteiger partial charge in [0.1, 0.15) is 0 Å². The molecule has 2 aromatic rings. The number of benzene rings is 1. The number of anilines is 1. The quantitative estimate of drug-likeness (QED) is 0.805. The van der Waals surface area contributed by atoms with Crippen molar-refractivity contribution in [3.8, 4) is 5.75 Å². The number of halogens is 1. The highest BCUT2D eigenvalue weighted by molar-refractivity contribution is 7.08. The van der Waals surface area contributed by atoms with Gasteiger partial charge in [-0.1, -0.05) is 0 Å². The molecule has 0 radical (unpaired) electrons. The Kier molecular flexibility index (Phi) is 3.10. The molecule has 1 heterocycles. The van der Waals surface area contributed by atoms with E-state index in [1.165, 1.54) is 23.5 Å². The van der Waals surface area contributed by atoms with Crippen molar-refractivity contribution < 1.29 is 14.3 Å². The Morgan fingerprint density at radius 2 is 2.18 bits per heavy atom. The first-order chi connectivity index (χ1) is 8.08. The maximum absolute atomic E-state index is 13.1. The van der Waals surface area contributed by atoms with Crippen molar-refractivity contribution in [1.29, 1.82) is 0 Å². The molecule has 0 aliphatic carbocycles. The van der Waals surface area contributed by atoms with Crippen LogP contribution in [0.15, 0.2) is 29.0 Å². The number of aryl methyl sites for hydroxylation is 1. The number of hydrogen-bond acceptors (Lipinski definition) is 3. The van der Waals surface area contributed by atoms with Crippen LogP contribution in [0, 0.1) is 12.7 Å². The van der Waals surface area contributed by atoms with Gasteiger partial charge < -0.3 is 10.4 Å². The van der Waals surface area contributed by atoms with Gasteiger partial charge in [-0.3, -0.25) is 4.79 Å². The largest absolute Gasteiger partial charge is 0.505 e. The fourth-order valence-electron chi connectivity index (χ4n) is 1.38. The van der Waals surface area contributed by atoms with Crippen LogP contribution in [-0.4, -0.2) is 11.0 Å². The molecule has 0 spiro atoms. The van der Waals surface area contributed by atoms with Crippen LogP contribution in [0.3, 0.4) is 0 Å². The molecule has 1 aromatic heterocycles. The zero-order valence-electron chi connectivity index (χ0n) is 9.03. The molecule has 0 unspecified atom stereocenters. The van der Waals surface area contributed by atoms with Crippen LogP contribution in [-0.2, 0) is 0 Å². The van der Waals surface area contributed by atoms with Crippen LogP contribution in [0.4, 0.5) is 10.1 Å². The molecule has 0 bridgehead atoms. The van der Waals surface area contributed by atoms with E-state index in [-0.39, 0.29) is 5.91 Å². The molecule has 2 N–H and O–H groups in total. The summed E-state index contributed by atoms with van der Waals surface area (Å²) in [5.74, 6) is -1.48. The zero-order valence-corrected chi connectivity index (χ0v) is 9.84. The van der Waals surface area contributed by atoms with Gasteiger partial charge in [-0.15, -0.1) is 0 Å². The second-order valence-electron chi connectivity index (χ2n) is 3.59. The molecule has 2 rings (SSSR count). The number of carbonyl (C=O) groups is 1. The van der Waals surface area contributed by atoms with E-state index in [1.807, 2.05) is 12.3 Å². The summed E-state index contributed by atoms with van der Waals surface area (Å²) >= 11 is 1.44. The van der Waals surface area contributed by atoms with E-state index < -0.39 is 11.6 Å². The Morgan fingerprint density at radius 1 is 1.41 bits per heavy atom. The summed E-state index contributed by atoms with van der Waals surface area (Å²) < 4.78 is 13.1. The Balaban J connectivity index is 2.19. The number of thiophene rings is 1.